The summed E-state index contributed by atoms with van der Waals surface area (Å²) in [6, 6.07) is 4.69. The Bertz CT molecular complexity index is 474. The number of nitrogens with one attached hydrogen (secondary N) is 1. The van der Waals surface area contributed by atoms with E-state index in [4.69, 9.17) is 11.6 Å². The van der Waals surface area contributed by atoms with E-state index in [1.54, 1.807) is 12.1 Å². The molecule has 0 unspecified atom stereocenters. The molecule has 1 rings (SSSR count). The number of sulfonamides is 1. The quantitative estimate of drug-likeness (QED) is 0.924. The lowest BCUT2D eigenvalue weighted by Gasteiger charge is -2.10. The zero-order chi connectivity index (χ0) is 12.3. The third-order valence-corrected chi connectivity index (χ3v) is 4.26. The molecule has 0 aliphatic carbocycles. The molecule has 0 atom stereocenters. The molecule has 0 saturated heterocycles. The molecule has 1 aromatic rings. The summed E-state index contributed by atoms with van der Waals surface area (Å²) in [5.41, 5.74) is 0. The van der Waals surface area contributed by atoms with Crippen molar-refractivity contribution in [2.45, 2.75) is 18.7 Å². The van der Waals surface area contributed by atoms with Crippen molar-refractivity contribution in [3.8, 4) is 0 Å². The molecule has 0 aromatic heterocycles. The van der Waals surface area contributed by atoms with Gasteiger partial charge in [0.25, 0.3) is 0 Å². The van der Waals surface area contributed by atoms with E-state index in [0.29, 0.717) is 6.54 Å². The maximum absolute atomic E-state index is 11.9. The van der Waals surface area contributed by atoms with Gasteiger partial charge in [0.1, 0.15) is 4.90 Å². The highest BCUT2D eigenvalue weighted by atomic mass is 79.9. The second kappa shape index (κ2) is 5.49. The normalized spacial score (nSPS) is 12.1. The maximum Gasteiger partial charge on any atom is 0.242 e. The summed E-state index contributed by atoms with van der Waals surface area (Å²) in [4.78, 5) is 0.109. The first-order chi connectivity index (χ1) is 7.33. The Morgan fingerprint density at radius 1 is 1.44 bits per heavy atom. The van der Waals surface area contributed by atoms with E-state index in [9.17, 15) is 8.42 Å². The Kier molecular flexibility index (Phi) is 4.79. The standard InChI is InChI=1S/C10H13BrClNO2S/c1-7(2)6-13-16(14,15)10-4-3-8(11)5-9(10)12/h3-5,7,13H,6H2,1-2H3. The molecule has 6 heteroatoms. The van der Waals surface area contributed by atoms with E-state index in [1.165, 1.54) is 6.07 Å². The van der Waals surface area contributed by atoms with E-state index in [1.807, 2.05) is 13.8 Å². The van der Waals surface area contributed by atoms with Crippen LogP contribution in [0.3, 0.4) is 0 Å². The third kappa shape index (κ3) is 3.73. The van der Waals surface area contributed by atoms with E-state index in [0.717, 1.165) is 4.47 Å². The summed E-state index contributed by atoms with van der Waals surface area (Å²) in [7, 11) is -3.51. The van der Waals surface area contributed by atoms with Crippen LogP contribution in [-0.2, 0) is 10.0 Å². The molecular formula is C10H13BrClNO2S. The van der Waals surface area contributed by atoms with Gasteiger partial charge in [0.05, 0.1) is 5.02 Å². The summed E-state index contributed by atoms with van der Waals surface area (Å²) >= 11 is 9.11. The molecule has 1 N–H and O–H groups in total. The van der Waals surface area contributed by atoms with Gasteiger partial charge < -0.3 is 0 Å². The van der Waals surface area contributed by atoms with Crippen LogP contribution in [0.2, 0.25) is 5.02 Å². The molecule has 0 fully saturated rings. The van der Waals surface area contributed by atoms with Crippen molar-refractivity contribution in [1.82, 2.24) is 4.72 Å². The van der Waals surface area contributed by atoms with Crippen LogP contribution in [0.5, 0.6) is 0 Å². The van der Waals surface area contributed by atoms with E-state index >= 15 is 0 Å². The highest BCUT2D eigenvalue weighted by Gasteiger charge is 2.17. The zero-order valence-electron chi connectivity index (χ0n) is 9.00. The van der Waals surface area contributed by atoms with Crippen LogP contribution in [0.25, 0.3) is 0 Å². The van der Waals surface area contributed by atoms with Crippen LogP contribution in [0.15, 0.2) is 27.6 Å². The number of benzene rings is 1. The van der Waals surface area contributed by atoms with Crippen LogP contribution in [0.4, 0.5) is 0 Å². The molecule has 16 heavy (non-hydrogen) atoms. The Morgan fingerprint density at radius 2 is 2.06 bits per heavy atom. The molecule has 0 heterocycles. The SMILES string of the molecule is CC(C)CNS(=O)(=O)c1ccc(Br)cc1Cl. The van der Waals surface area contributed by atoms with Crippen molar-refractivity contribution in [2.75, 3.05) is 6.54 Å². The first-order valence-electron chi connectivity index (χ1n) is 4.77. The predicted octanol–water partition coefficient (Wildman–Crippen LogP) is 3.04. The van der Waals surface area contributed by atoms with Gasteiger partial charge in [-0.25, -0.2) is 13.1 Å². The van der Waals surface area contributed by atoms with Crippen molar-refractivity contribution in [3.05, 3.63) is 27.7 Å². The van der Waals surface area contributed by atoms with E-state index in [2.05, 4.69) is 20.7 Å². The van der Waals surface area contributed by atoms with Gasteiger partial charge in [-0.2, -0.15) is 0 Å². The Morgan fingerprint density at radius 3 is 2.56 bits per heavy atom. The predicted molar refractivity (Wildman–Crippen MR) is 69.2 cm³/mol. The van der Waals surface area contributed by atoms with Crippen LogP contribution >= 0.6 is 27.5 Å². The lowest BCUT2D eigenvalue weighted by atomic mass is 10.2. The number of rotatable bonds is 4. The fourth-order valence-corrected chi connectivity index (χ4v) is 3.30. The minimum absolute atomic E-state index is 0.109. The summed E-state index contributed by atoms with van der Waals surface area (Å²) in [6.45, 7) is 4.27. The molecule has 0 radical (unpaired) electrons. The first-order valence-corrected chi connectivity index (χ1v) is 7.43. The molecule has 0 saturated carbocycles. The maximum atomic E-state index is 11.9. The van der Waals surface area contributed by atoms with Gasteiger partial charge in [-0.15, -0.1) is 0 Å². The van der Waals surface area contributed by atoms with Crippen LogP contribution in [0.1, 0.15) is 13.8 Å². The zero-order valence-corrected chi connectivity index (χ0v) is 12.2. The van der Waals surface area contributed by atoms with Crippen molar-refractivity contribution in [2.24, 2.45) is 5.92 Å². The fraction of sp³-hybridized carbons (Fsp3) is 0.400. The third-order valence-electron chi connectivity index (χ3n) is 1.87. The molecule has 0 spiro atoms. The number of hydrogen-bond donors (Lipinski definition) is 1. The van der Waals surface area contributed by atoms with Gasteiger partial charge in [0.2, 0.25) is 10.0 Å². The monoisotopic (exact) mass is 325 g/mol. The highest BCUT2D eigenvalue weighted by molar-refractivity contribution is 9.10. The first kappa shape index (κ1) is 14.0. The van der Waals surface area contributed by atoms with Gasteiger partial charge in [-0.3, -0.25) is 0 Å². The van der Waals surface area contributed by atoms with Crippen molar-refractivity contribution in [3.63, 3.8) is 0 Å². The second-order valence-electron chi connectivity index (χ2n) is 3.82. The van der Waals surface area contributed by atoms with Gasteiger partial charge in [0.15, 0.2) is 0 Å². The second-order valence-corrected chi connectivity index (χ2v) is 6.88. The largest absolute Gasteiger partial charge is 0.242 e. The Labute approximate surface area is 109 Å². The average molecular weight is 327 g/mol. The Balaban J connectivity index is 2.99. The molecular weight excluding hydrogens is 314 g/mol. The molecule has 1 aromatic carbocycles. The molecule has 0 aliphatic heterocycles. The van der Waals surface area contributed by atoms with Crippen LogP contribution < -0.4 is 4.72 Å². The summed E-state index contributed by atoms with van der Waals surface area (Å²) in [5.74, 6) is 0.254. The van der Waals surface area contributed by atoms with Gasteiger partial charge in [-0.05, 0) is 24.1 Å². The smallest absolute Gasteiger partial charge is 0.211 e. The van der Waals surface area contributed by atoms with Crippen molar-refractivity contribution < 1.29 is 8.42 Å². The average Bonchev–Trinajstić information content (AvgIpc) is 2.14. The Hall–Kier alpha value is -0.100. The lowest BCUT2D eigenvalue weighted by Crippen LogP contribution is -2.27. The number of hydrogen-bond acceptors (Lipinski definition) is 2. The molecule has 0 aliphatic rings. The lowest BCUT2D eigenvalue weighted by molar-refractivity contribution is 0.560. The molecule has 3 nitrogen and oxygen atoms in total. The molecule has 0 bridgehead atoms. The fourth-order valence-electron chi connectivity index (χ4n) is 1.05. The summed E-state index contributed by atoms with van der Waals surface area (Å²) in [6.07, 6.45) is 0. The number of halogens is 2. The van der Waals surface area contributed by atoms with Gasteiger partial charge >= 0.3 is 0 Å². The van der Waals surface area contributed by atoms with Crippen molar-refractivity contribution in [1.29, 1.82) is 0 Å². The molecule has 0 amide bonds. The van der Waals surface area contributed by atoms with E-state index in [-0.39, 0.29) is 15.8 Å². The van der Waals surface area contributed by atoms with Crippen LogP contribution in [-0.4, -0.2) is 15.0 Å². The topological polar surface area (TPSA) is 46.2 Å². The highest BCUT2D eigenvalue weighted by Crippen LogP contribution is 2.24. The van der Waals surface area contributed by atoms with Crippen molar-refractivity contribution >= 4 is 37.6 Å². The molecule has 90 valence electrons. The van der Waals surface area contributed by atoms with Gasteiger partial charge in [0, 0.05) is 11.0 Å². The van der Waals surface area contributed by atoms with Gasteiger partial charge in [-0.1, -0.05) is 41.4 Å². The summed E-state index contributed by atoms with van der Waals surface area (Å²) < 4.78 is 27.0. The summed E-state index contributed by atoms with van der Waals surface area (Å²) in [5, 5.41) is 0.214. The minimum Gasteiger partial charge on any atom is -0.211 e. The minimum atomic E-state index is -3.51. The van der Waals surface area contributed by atoms with E-state index < -0.39 is 10.0 Å². The van der Waals surface area contributed by atoms with Crippen LogP contribution in [0, 0.1) is 5.92 Å².